The van der Waals surface area contributed by atoms with Crippen LogP contribution in [0.4, 0.5) is 0 Å². The van der Waals surface area contributed by atoms with Crippen LogP contribution in [-0.4, -0.2) is 58.9 Å². The maximum atomic E-state index is 11.2. The van der Waals surface area contributed by atoms with Crippen LogP contribution in [0.2, 0.25) is 0 Å². The molecule has 0 spiro atoms. The summed E-state index contributed by atoms with van der Waals surface area (Å²) >= 11 is 3.28. The SMILES string of the molecule is O.O.O=S(=O)(OS)c1ccc2[nH]cnc2c1.[NaH]. The summed E-state index contributed by atoms with van der Waals surface area (Å²) in [6.45, 7) is 0. The summed E-state index contributed by atoms with van der Waals surface area (Å²) in [6, 6.07) is 4.45. The number of nitrogens with zero attached hydrogens (tertiary/aromatic N) is 1. The Bertz CT molecular complexity index is 570. The summed E-state index contributed by atoms with van der Waals surface area (Å²) in [5, 5.41) is 0. The molecule has 10 heteroatoms. The van der Waals surface area contributed by atoms with Gasteiger partial charge >= 0.3 is 39.7 Å². The fraction of sp³-hybridized carbons (Fsp3) is 0. The molecule has 5 N–H and O–H groups in total. The second kappa shape index (κ2) is 7.34. The number of fused-ring (bicyclic) bond motifs is 1. The number of hydrogen-bond donors (Lipinski definition) is 2. The van der Waals surface area contributed by atoms with Gasteiger partial charge in [-0.15, -0.1) is 0 Å². The summed E-state index contributed by atoms with van der Waals surface area (Å²) in [5.74, 6) is 0. The van der Waals surface area contributed by atoms with E-state index in [-0.39, 0.29) is 45.4 Å². The molecule has 0 saturated heterocycles. The van der Waals surface area contributed by atoms with E-state index < -0.39 is 10.1 Å². The number of aromatic amines is 1. The average molecular weight is 290 g/mol. The van der Waals surface area contributed by atoms with Gasteiger partial charge in [-0.3, -0.25) is 0 Å². The van der Waals surface area contributed by atoms with Crippen LogP contribution >= 0.6 is 12.9 Å². The predicted octanol–water partition coefficient (Wildman–Crippen LogP) is -1.18. The number of thiol groups is 1. The van der Waals surface area contributed by atoms with Crippen molar-refractivity contribution in [2.45, 2.75) is 4.90 Å². The molecule has 0 unspecified atom stereocenters. The number of H-pyrrole nitrogens is 1. The maximum absolute atomic E-state index is 11.2. The Kier molecular flexibility index (Phi) is 8.29. The quantitative estimate of drug-likeness (QED) is 0.408. The van der Waals surface area contributed by atoms with Gasteiger partial charge in [-0.1, -0.05) is 0 Å². The number of rotatable bonds is 2. The van der Waals surface area contributed by atoms with Gasteiger partial charge in [0.2, 0.25) is 0 Å². The molecule has 0 aliphatic rings. The van der Waals surface area contributed by atoms with Crippen molar-refractivity contribution in [2.75, 3.05) is 0 Å². The van der Waals surface area contributed by atoms with E-state index in [1.54, 1.807) is 6.07 Å². The molecule has 1 heterocycles. The van der Waals surface area contributed by atoms with Crippen LogP contribution in [0.15, 0.2) is 29.4 Å². The van der Waals surface area contributed by atoms with Crippen molar-refractivity contribution in [1.82, 2.24) is 9.97 Å². The number of hydrogen-bond acceptors (Lipinski definition) is 5. The molecule has 0 saturated carbocycles. The van der Waals surface area contributed by atoms with Gasteiger partial charge in [-0.25, -0.2) is 4.98 Å². The molecule has 7 nitrogen and oxygen atoms in total. The molecule has 0 aliphatic carbocycles. The Morgan fingerprint density at radius 3 is 2.53 bits per heavy atom. The zero-order valence-electron chi connectivity index (χ0n) is 7.84. The van der Waals surface area contributed by atoms with Crippen LogP contribution in [-0.2, 0) is 13.7 Å². The average Bonchev–Trinajstić information content (AvgIpc) is 2.64. The molecule has 0 fully saturated rings. The van der Waals surface area contributed by atoms with Gasteiger partial charge in [0, 0.05) is 0 Å². The number of imidazole rings is 1. The van der Waals surface area contributed by atoms with E-state index in [0.29, 0.717) is 5.52 Å². The van der Waals surface area contributed by atoms with Crippen molar-refractivity contribution in [3.8, 4) is 0 Å². The minimum absolute atomic E-state index is 0. The van der Waals surface area contributed by atoms with Crippen molar-refractivity contribution >= 4 is 63.6 Å². The first-order chi connectivity index (χ1) is 6.63. The molecule has 17 heavy (non-hydrogen) atoms. The molecule has 0 aliphatic heterocycles. The van der Waals surface area contributed by atoms with Gasteiger partial charge in [0.1, 0.15) is 0 Å². The Morgan fingerprint density at radius 2 is 1.94 bits per heavy atom. The normalized spacial score (nSPS) is 9.94. The van der Waals surface area contributed by atoms with Crippen LogP contribution < -0.4 is 0 Å². The summed E-state index contributed by atoms with van der Waals surface area (Å²) in [4.78, 5) is 6.81. The Hall–Kier alpha value is -0.130. The third kappa shape index (κ3) is 3.93. The first-order valence-corrected chi connectivity index (χ1v) is 5.42. The second-order valence-electron chi connectivity index (χ2n) is 2.61. The van der Waals surface area contributed by atoms with E-state index in [1.165, 1.54) is 18.5 Å². The molecule has 92 valence electrons. The molecule has 0 amide bonds. The summed E-state index contributed by atoms with van der Waals surface area (Å²) in [7, 11) is -3.76. The third-order valence-electron chi connectivity index (χ3n) is 1.78. The molecule has 0 radical (unpaired) electrons. The molecule has 2 rings (SSSR count). The van der Waals surface area contributed by atoms with Crippen molar-refractivity contribution in [2.24, 2.45) is 0 Å². The van der Waals surface area contributed by atoms with Gasteiger partial charge in [-0.2, -0.15) is 12.0 Å². The van der Waals surface area contributed by atoms with E-state index in [1.807, 2.05) is 0 Å². The number of nitrogens with one attached hydrogen (secondary N) is 1. The second-order valence-corrected chi connectivity index (χ2v) is 4.59. The van der Waals surface area contributed by atoms with Crippen molar-refractivity contribution < 1.29 is 23.0 Å². The van der Waals surface area contributed by atoms with E-state index in [9.17, 15) is 8.42 Å². The zero-order valence-corrected chi connectivity index (χ0v) is 9.55. The summed E-state index contributed by atoms with van der Waals surface area (Å²) in [6.07, 6.45) is 1.49. The van der Waals surface area contributed by atoms with E-state index >= 15 is 0 Å². The van der Waals surface area contributed by atoms with Crippen LogP contribution in [0.25, 0.3) is 11.0 Å². The van der Waals surface area contributed by atoms with E-state index in [0.717, 1.165) is 5.52 Å². The molecule has 0 bridgehead atoms. The molecular formula is C7H11N2NaO5S2. The van der Waals surface area contributed by atoms with E-state index in [2.05, 4.69) is 26.5 Å². The van der Waals surface area contributed by atoms with Gasteiger partial charge in [0.15, 0.2) is 0 Å². The monoisotopic (exact) mass is 290 g/mol. The van der Waals surface area contributed by atoms with Gasteiger partial charge < -0.3 is 15.9 Å². The standard InChI is InChI=1S/C7H6N2O3S2.Na.2H2O.H/c10-14(11,12-13)5-1-2-6-7(3-5)9-4-8-6;;;;/h1-4,13H,(H,8,9);;2*1H2;. The summed E-state index contributed by atoms with van der Waals surface area (Å²) in [5.41, 5.74) is 1.33. The summed E-state index contributed by atoms with van der Waals surface area (Å²) < 4.78 is 26.5. The van der Waals surface area contributed by atoms with Gasteiger partial charge in [0.05, 0.1) is 22.3 Å². The molecule has 2 aromatic rings. The van der Waals surface area contributed by atoms with Crippen molar-refractivity contribution in [1.29, 1.82) is 0 Å². The van der Waals surface area contributed by atoms with Crippen molar-refractivity contribution in [3.05, 3.63) is 24.5 Å². The van der Waals surface area contributed by atoms with Crippen LogP contribution in [0.1, 0.15) is 0 Å². The predicted molar refractivity (Wildman–Crippen MR) is 67.7 cm³/mol. The first kappa shape index (κ1) is 19.2. The third-order valence-corrected chi connectivity index (χ3v) is 3.40. The fourth-order valence-corrected chi connectivity index (χ4v) is 1.95. The van der Waals surface area contributed by atoms with Crippen LogP contribution in [0.5, 0.6) is 0 Å². The topological polar surface area (TPSA) is 135 Å². The van der Waals surface area contributed by atoms with Crippen molar-refractivity contribution in [3.63, 3.8) is 0 Å². The zero-order chi connectivity index (χ0) is 10.2. The van der Waals surface area contributed by atoms with Gasteiger partial charge in [0.25, 0.3) is 0 Å². The Labute approximate surface area is 125 Å². The molecule has 1 aromatic heterocycles. The van der Waals surface area contributed by atoms with E-state index in [4.69, 9.17) is 0 Å². The first-order valence-electron chi connectivity index (χ1n) is 3.65. The Morgan fingerprint density at radius 1 is 1.29 bits per heavy atom. The molecule has 0 atom stereocenters. The number of benzene rings is 1. The Balaban J connectivity index is 0. The van der Waals surface area contributed by atoms with Gasteiger partial charge in [-0.05, 0) is 31.1 Å². The molecular weight excluding hydrogens is 279 g/mol. The van der Waals surface area contributed by atoms with Crippen LogP contribution in [0.3, 0.4) is 0 Å². The molecule has 1 aromatic carbocycles. The minimum atomic E-state index is -3.76. The van der Waals surface area contributed by atoms with Crippen LogP contribution in [0, 0.1) is 0 Å². The number of aromatic nitrogens is 2. The fourth-order valence-electron chi connectivity index (χ4n) is 1.11.